The van der Waals surface area contributed by atoms with Crippen LogP contribution >= 0.6 is 0 Å². The van der Waals surface area contributed by atoms with Crippen LogP contribution in [0, 0.1) is 11.3 Å². The zero-order valence-corrected chi connectivity index (χ0v) is 8.27. The van der Waals surface area contributed by atoms with Gasteiger partial charge < -0.3 is 4.90 Å². The summed E-state index contributed by atoms with van der Waals surface area (Å²) in [5.41, 5.74) is 0. The Hall–Kier alpha value is -0.530. The summed E-state index contributed by atoms with van der Waals surface area (Å²) in [6.45, 7) is 6.73. The van der Waals surface area contributed by atoms with Gasteiger partial charge in [-0.25, -0.2) is 0 Å². The average Bonchev–Trinajstić information content (AvgIpc) is 2.47. The Balaban J connectivity index is 2.33. The molecule has 1 aliphatic rings. The molecule has 1 saturated heterocycles. The van der Waals surface area contributed by atoms with Crippen molar-refractivity contribution < 1.29 is 0 Å². The molecular weight excluding hydrogens is 148 g/mol. The molecule has 1 heterocycles. The fraction of sp³-hybridized carbons (Fsp3) is 0.900. The Morgan fingerprint density at radius 1 is 1.42 bits per heavy atom. The first-order valence-corrected chi connectivity index (χ1v) is 5.10. The topological polar surface area (TPSA) is 27.1 Å². The molecule has 2 heteroatoms. The van der Waals surface area contributed by atoms with Gasteiger partial charge in [-0.3, -0.25) is 5.41 Å². The second-order valence-electron chi connectivity index (χ2n) is 3.68. The van der Waals surface area contributed by atoms with E-state index in [1.807, 2.05) is 0 Å². The molecule has 0 aromatic carbocycles. The first-order chi connectivity index (χ1) is 5.77. The van der Waals surface area contributed by atoms with E-state index in [-0.39, 0.29) is 0 Å². The van der Waals surface area contributed by atoms with Crippen LogP contribution in [0.4, 0.5) is 0 Å². The molecule has 1 aliphatic heterocycles. The van der Waals surface area contributed by atoms with E-state index in [1.165, 1.54) is 19.3 Å². The number of nitrogens with one attached hydrogen (secondary N) is 1. The second-order valence-corrected chi connectivity index (χ2v) is 3.68. The van der Waals surface area contributed by atoms with E-state index >= 15 is 0 Å². The summed E-state index contributed by atoms with van der Waals surface area (Å²) in [5.74, 6) is 1.66. The average molecular weight is 168 g/mol. The summed E-state index contributed by atoms with van der Waals surface area (Å²) >= 11 is 0. The van der Waals surface area contributed by atoms with Crippen LogP contribution in [-0.2, 0) is 0 Å². The Labute approximate surface area is 75.5 Å². The van der Waals surface area contributed by atoms with Crippen LogP contribution in [0.15, 0.2) is 0 Å². The van der Waals surface area contributed by atoms with Gasteiger partial charge >= 0.3 is 0 Å². The lowest BCUT2D eigenvalue weighted by atomic mass is 10.0. The zero-order chi connectivity index (χ0) is 8.97. The maximum Gasteiger partial charge on any atom is 0.0958 e. The summed E-state index contributed by atoms with van der Waals surface area (Å²) in [7, 11) is 0. The van der Waals surface area contributed by atoms with Gasteiger partial charge in [0.1, 0.15) is 0 Å². The van der Waals surface area contributed by atoms with Crippen molar-refractivity contribution in [2.24, 2.45) is 5.92 Å². The van der Waals surface area contributed by atoms with Crippen molar-refractivity contribution in [1.82, 2.24) is 4.90 Å². The van der Waals surface area contributed by atoms with E-state index < -0.39 is 0 Å². The summed E-state index contributed by atoms with van der Waals surface area (Å²) < 4.78 is 0. The standard InChI is InChI=1S/C10H20N2/c1-3-9(4-2)8-12-7-5-6-10(12)11/h9,11H,3-8H2,1-2H3. The highest BCUT2D eigenvalue weighted by atomic mass is 15.2. The van der Waals surface area contributed by atoms with Crippen molar-refractivity contribution in [1.29, 1.82) is 5.41 Å². The Morgan fingerprint density at radius 2 is 2.08 bits per heavy atom. The minimum absolute atomic E-state index is 0.795. The van der Waals surface area contributed by atoms with Crippen molar-refractivity contribution in [3.63, 3.8) is 0 Å². The Morgan fingerprint density at radius 3 is 2.50 bits per heavy atom. The first kappa shape index (κ1) is 9.56. The van der Waals surface area contributed by atoms with Gasteiger partial charge in [0.2, 0.25) is 0 Å². The van der Waals surface area contributed by atoms with Gasteiger partial charge in [-0.05, 0) is 12.3 Å². The maximum absolute atomic E-state index is 7.68. The third-order valence-electron chi connectivity index (χ3n) is 2.86. The quantitative estimate of drug-likeness (QED) is 0.686. The number of amidine groups is 1. The molecule has 2 nitrogen and oxygen atoms in total. The highest BCUT2D eigenvalue weighted by molar-refractivity contribution is 5.80. The summed E-state index contributed by atoms with van der Waals surface area (Å²) in [6, 6.07) is 0. The number of hydrogen-bond acceptors (Lipinski definition) is 1. The van der Waals surface area contributed by atoms with Gasteiger partial charge in [0.15, 0.2) is 0 Å². The van der Waals surface area contributed by atoms with E-state index in [0.29, 0.717) is 0 Å². The van der Waals surface area contributed by atoms with Crippen molar-refractivity contribution in [3.8, 4) is 0 Å². The van der Waals surface area contributed by atoms with Crippen molar-refractivity contribution in [3.05, 3.63) is 0 Å². The van der Waals surface area contributed by atoms with E-state index in [9.17, 15) is 0 Å². The lowest BCUT2D eigenvalue weighted by Gasteiger charge is -2.23. The van der Waals surface area contributed by atoms with Crippen LogP contribution in [0.2, 0.25) is 0 Å². The molecule has 1 rings (SSSR count). The number of likely N-dealkylation sites (tertiary alicyclic amines) is 1. The van der Waals surface area contributed by atoms with E-state index in [2.05, 4.69) is 18.7 Å². The van der Waals surface area contributed by atoms with Crippen LogP contribution in [0.5, 0.6) is 0 Å². The fourth-order valence-corrected chi connectivity index (χ4v) is 1.79. The van der Waals surface area contributed by atoms with E-state index in [4.69, 9.17) is 5.41 Å². The van der Waals surface area contributed by atoms with Gasteiger partial charge in [-0.1, -0.05) is 26.7 Å². The molecule has 70 valence electrons. The van der Waals surface area contributed by atoms with Gasteiger partial charge in [0.05, 0.1) is 5.84 Å². The van der Waals surface area contributed by atoms with Crippen LogP contribution in [-0.4, -0.2) is 23.8 Å². The van der Waals surface area contributed by atoms with E-state index in [1.54, 1.807) is 0 Å². The third-order valence-corrected chi connectivity index (χ3v) is 2.86. The van der Waals surface area contributed by atoms with Crippen LogP contribution in [0.3, 0.4) is 0 Å². The largest absolute Gasteiger partial charge is 0.360 e. The summed E-state index contributed by atoms with van der Waals surface area (Å²) in [5, 5.41) is 7.68. The second kappa shape index (κ2) is 4.48. The third kappa shape index (κ3) is 2.23. The summed E-state index contributed by atoms with van der Waals surface area (Å²) in [4.78, 5) is 2.25. The van der Waals surface area contributed by atoms with Gasteiger partial charge in [0.25, 0.3) is 0 Å². The van der Waals surface area contributed by atoms with Gasteiger partial charge in [-0.15, -0.1) is 0 Å². The van der Waals surface area contributed by atoms with Gasteiger partial charge in [0, 0.05) is 19.5 Å². The van der Waals surface area contributed by atoms with Crippen molar-refractivity contribution >= 4 is 5.84 Å². The maximum atomic E-state index is 7.68. The molecule has 0 spiro atoms. The summed E-state index contributed by atoms with van der Waals surface area (Å²) in [6.07, 6.45) is 4.69. The molecule has 0 atom stereocenters. The number of nitrogens with zero attached hydrogens (tertiary/aromatic N) is 1. The molecule has 0 saturated carbocycles. The van der Waals surface area contributed by atoms with Crippen LogP contribution in [0.1, 0.15) is 39.5 Å². The van der Waals surface area contributed by atoms with Crippen molar-refractivity contribution in [2.75, 3.05) is 13.1 Å². The molecule has 0 aromatic rings. The van der Waals surface area contributed by atoms with Crippen LogP contribution in [0.25, 0.3) is 0 Å². The highest BCUT2D eigenvalue weighted by Crippen LogP contribution is 2.15. The SMILES string of the molecule is CCC(CC)CN1CCCC1=N. The predicted octanol–water partition coefficient (Wildman–Crippen LogP) is 2.50. The molecule has 0 unspecified atom stereocenters. The first-order valence-electron chi connectivity index (χ1n) is 5.10. The Bertz CT molecular complexity index is 150. The minimum Gasteiger partial charge on any atom is -0.360 e. The Kier molecular flexibility index (Phi) is 3.57. The predicted molar refractivity (Wildman–Crippen MR) is 52.6 cm³/mol. The van der Waals surface area contributed by atoms with E-state index in [0.717, 1.165) is 31.3 Å². The molecule has 0 bridgehead atoms. The lowest BCUT2D eigenvalue weighted by molar-refractivity contribution is 0.341. The molecule has 0 aromatic heterocycles. The molecule has 0 aliphatic carbocycles. The van der Waals surface area contributed by atoms with Gasteiger partial charge in [-0.2, -0.15) is 0 Å². The lowest BCUT2D eigenvalue weighted by Crippen LogP contribution is -2.29. The minimum atomic E-state index is 0.795. The molecule has 0 amide bonds. The van der Waals surface area contributed by atoms with Crippen LogP contribution < -0.4 is 0 Å². The zero-order valence-electron chi connectivity index (χ0n) is 8.27. The molecule has 12 heavy (non-hydrogen) atoms. The number of hydrogen-bond donors (Lipinski definition) is 1. The monoisotopic (exact) mass is 168 g/mol. The fourth-order valence-electron chi connectivity index (χ4n) is 1.79. The number of rotatable bonds is 4. The normalized spacial score (nSPS) is 17.9. The molecule has 0 radical (unpaired) electrons. The molecular formula is C10H20N2. The highest BCUT2D eigenvalue weighted by Gasteiger charge is 2.18. The van der Waals surface area contributed by atoms with Crippen molar-refractivity contribution in [2.45, 2.75) is 39.5 Å². The molecule has 1 N–H and O–H groups in total. The smallest absolute Gasteiger partial charge is 0.0958 e. The molecule has 1 fully saturated rings.